The molecule has 0 unspecified atom stereocenters. The average molecular weight is 449 g/mol. The molecule has 3 N–H and O–H groups in total. The number of halogens is 1. The number of carbonyl (C=O) groups is 3. The van der Waals surface area contributed by atoms with Crippen molar-refractivity contribution in [1.82, 2.24) is 4.90 Å². The number of thioether (sulfide) groups is 1. The second-order valence-corrected chi connectivity index (χ2v) is 8.01. The Kier molecular flexibility index (Phi) is 6.21. The van der Waals surface area contributed by atoms with E-state index in [0.717, 1.165) is 28.3 Å². The van der Waals surface area contributed by atoms with Crippen LogP contribution in [0.2, 0.25) is 5.02 Å². The lowest BCUT2D eigenvalue weighted by Gasteiger charge is -2.15. The maximum Gasteiger partial charge on any atom is 0.337 e. The number of nitrogens with zero attached hydrogens (tertiary/aromatic N) is 1. The molecule has 2 aromatic rings. The van der Waals surface area contributed by atoms with Crippen molar-refractivity contribution in [1.29, 1.82) is 0 Å². The zero-order valence-electron chi connectivity index (χ0n) is 14.6. The molecule has 1 fully saturated rings. The van der Waals surface area contributed by atoms with Crippen LogP contribution in [0.1, 0.15) is 15.9 Å². The lowest BCUT2D eigenvalue weighted by atomic mass is 10.1. The van der Waals surface area contributed by atoms with Gasteiger partial charge in [0.05, 0.1) is 16.2 Å². The number of benzene rings is 2. The Balaban J connectivity index is 1.73. The Morgan fingerprint density at radius 3 is 2.55 bits per heavy atom. The van der Waals surface area contributed by atoms with Crippen LogP contribution in [0.25, 0.3) is 6.08 Å². The summed E-state index contributed by atoms with van der Waals surface area (Å²) in [6, 6.07) is 10.4. The van der Waals surface area contributed by atoms with Gasteiger partial charge in [-0.15, -0.1) is 0 Å². The maximum absolute atomic E-state index is 12.6. The molecule has 1 aliphatic rings. The Morgan fingerprint density at radius 1 is 1.21 bits per heavy atom. The first-order valence-corrected chi connectivity index (χ1v) is 9.72. The third kappa shape index (κ3) is 4.94. The normalized spacial score (nSPS) is 15.1. The summed E-state index contributed by atoms with van der Waals surface area (Å²) in [4.78, 5) is 37.7. The zero-order valence-corrected chi connectivity index (χ0v) is 17.0. The van der Waals surface area contributed by atoms with Crippen LogP contribution < -0.4 is 5.32 Å². The van der Waals surface area contributed by atoms with E-state index in [4.69, 9.17) is 23.8 Å². The SMILES string of the molecule is O=C(CN1C(=O)/C(=C\c2ccc(Cl)cc2)SC1=S)Nc1ccc(O)cc1C(=O)O. The van der Waals surface area contributed by atoms with Gasteiger partial charge in [-0.25, -0.2) is 4.79 Å². The molecule has 148 valence electrons. The van der Waals surface area contributed by atoms with Crippen LogP contribution >= 0.6 is 35.6 Å². The van der Waals surface area contributed by atoms with Crippen molar-refractivity contribution < 1.29 is 24.6 Å². The average Bonchev–Trinajstić information content (AvgIpc) is 2.92. The second-order valence-electron chi connectivity index (χ2n) is 5.90. The van der Waals surface area contributed by atoms with Gasteiger partial charge in [-0.3, -0.25) is 14.5 Å². The number of carbonyl (C=O) groups excluding carboxylic acids is 2. The first-order valence-electron chi connectivity index (χ1n) is 8.11. The highest BCUT2D eigenvalue weighted by molar-refractivity contribution is 8.26. The molecule has 0 bridgehead atoms. The van der Waals surface area contributed by atoms with Crippen LogP contribution in [0.3, 0.4) is 0 Å². The van der Waals surface area contributed by atoms with E-state index in [0.29, 0.717) is 9.93 Å². The summed E-state index contributed by atoms with van der Waals surface area (Å²) < 4.78 is 0.217. The molecule has 3 rings (SSSR count). The van der Waals surface area contributed by atoms with E-state index in [1.54, 1.807) is 30.3 Å². The number of thiocarbonyl (C=S) groups is 1. The van der Waals surface area contributed by atoms with Crippen LogP contribution in [0.15, 0.2) is 47.4 Å². The molecule has 10 heteroatoms. The predicted octanol–water partition coefficient (Wildman–Crippen LogP) is 3.58. The number of phenols is 1. The monoisotopic (exact) mass is 448 g/mol. The molecule has 1 saturated heterocycles. The largest absolute Gasteiger partial charge is 0.508 e. The van der Waals surface area contributed by atoms with E-state index < -0.39 is 17.8 Å². The molecule has 0 radical (unpaired) electrons. The minimum Gasteiger partial charge on any atom is -0.508 e. The van der Waals surface area contributed by atoms with E-state index in [9.17, 15) is 24.6 Å². The van der Waals surface area contributed by atoms with Crippen molar-refractivity contribution in [3.05, 3.63) is 63.5 Å². The molecular weight excluding hydrogens is 436 g/mol. The number of rotatable bonds is 5. The molecule has 0 aromatic heterocycles. The van der Waals surface area contributed by atoms with Crippen LogP contribution in [0, 0.1) is 0 Å². The van der Waals surface area contributed by atoms with Gasteiger partial charge in [-0.2, -0.15) is 0 Å². The van der Waals surface area contributed by atoms with Gasteiger partial charge in [0.25, 0.3) is 5.91 Å². The van der Waals surface area contributed by atoms with Gasteiger partial charge in [0, 0.05) is 5.02 Å². The van der Waals surface area contributed by atoms with E-state index in [-0.39, 0.29) is 27.9 Å². The first-order chi connectivity index (χ1) is 13.7. The lowest BCUT2D eigenvalue weighted by Crippen LogP contribution is -2.36. The fourth-order valence-electron chi connectivity index (χ4n) is 2.50. The topological polar surface area (TPSA) is 107 Å². The van der Waals surface area contributed by atoms with Crippen LogP contribution in [-0.4, -0.2) is 43.8 Å². The van der Waals surface area contributed by atoms with Crippen molar-refractivity contribution in [3.8, 4) is 5.75 Å². The van der Waals surface area contributed by atoms with E-state index in [2.05, 4.69) is 5.32 Å². The van der Waals surface area contributed by atoms with E-state index in [1.807, 2.05) is 0 Å². The minimum atomic E-state index is -1.31. The van der Waals surface area contributed by atoms with E-state index >= 15 is 0 Å². The summed E-state index contributed by atoms with van der Waals surface area (Å²) in [7, 11) is 0. The summed E-state index contributed by atoms with van der Waals surface area (Å²) in [5, 5.41) is 21.6. The third-order valence-corrected chi connectivity index (χ3v) is 5.48. The number of hydrogen-bond acceptors (Lipinski definition) is 6. The second kappa shape index (κ2) is 8.64. The number of aromatic carboxylic acids is 1. The van der Waals surface area contributed by atoms with Gasteiger partial charge < -0.3 is 15.5 Å². The number of aromatic hydroxyl groups is 1. The first kappa shape index (κ1) is 20.8. The van der Waals surface area contributed by atoms with Crippen molar-refractivity contribution in [2.45, 2.75) is 0 Å². The van der Waals surface area contributed by atoms with Crippen molar-refractivity contribution in [2.75, 3.05) is 11.9 Å². The van der Waals surface area contributed by atoms with Gasteiger partial charge >= 0.3 is 5.97 Å². The molecular formula is C19H13ClN2O5S2. The summed E-state index contributed by atoms with van der Waals surface area (Å²) in [5.41, 5.74) is 0.489. The van der Waals surface area contributed by atoms with Crippen LogP contribution in [-0.2, 0) is 9.59 Å². The maximum atomic E-state index is 12.6. The van der Waals surface area contributed by atoms with Gasteiger partial charge in [-0.1, -0.05) is 47.7 Å². The van der Waals surface area contributed by atoms with Crippen molar-refractivity contribution >= 4 is 69.4 Å². The molecule has 0 saturated carbocycles. The lowest BCUT2D eigenvalue weighted by molar-refractivity contribution is -0.126. The zero-order chi connectivity index (χ0) is 21.1. The highest BCUT2D eigenvalue weighted by Crippen LogP contribution is 2.32. The summed E-state index contributed by atoms with van der Waals surface area (Å²) in [6.07, 6.45) is 1.65. The van der Waals surface area contributed by atoms with Gasteiger partial charge in [0.15, 0.2) is 0 Å². The number of hydrogen-bond donors (Lipinski definition) is 3. The van der Waals surface area contributed by atoms with Crippen molar-refractivity contribution in [2.24, 2.45) is 0 Å². The smallest absolute Gasteiger partial charge is 0.337 e. The van der Waals surface area contributed by atoms with Crippen LogP contribution in [0.4, 0.5) is 5.69 Å². The molecule has 7 nitrogen and oxygen atoms in total. The molecule has 29 heavy (non-hydrogen) atoms. The molecule has 2 amide bonds. The Morgan fingerprint density at radius 2 is 1.90 bits per heavy atom. The quantitative estimate of drug-likeness (QED) is 0.364. The molecule has 0 atom stereocenters. The Bertz CT molecular complexity index is 1050. The Hall–Kier alpha value is -2.88. The third-order valence-electron chi connectivity index (χ3n) is 3.85. The standard InChI is InChI=1S/C19H13ClN2O5S2/c20-11-3-1-10(2-4-11)7-15-17(25)22(19(28)29-15)9-16(24)21-14-6-5-12(23)8-13(14)18(26)27/h1-8,23H,9H2,(H,21,24)(H,26,27)/b15-7+. The van der Waals surface area contributed by atoms with Crippen LogP contribution in [0.5, 0.6) is 5.75 Å². The number of nitrogens with one attached hydrogen (secondary N) is 1. The summed E-state index contributed by atoms with van der Waals surface area (Å²) >= 11 is 12.1. The molecule has 0 aliphatic carbocycles. The van der Waals surface area contributed by atoms with Gasteiger partial charge in [0.1, 0.15) is 16.6 Å². The molecule has 1 heterocycles. The predicted molar refractivity (Wildman–Crippen MR) is 115 cm³/mol. The minimum absolute atomic E-state index is 0.00227. The fourth-order valence-corrected chi connectivity index (χ4v) is 3.88. The van der Waals surface area contributed by atoms with Crippen molar-refractivity contribution in [3.63, 3.8) is 0 Å². The number of amides is 2. The summed E-state index contributed by atoms with van der Waals surface area (Å²) in [6.45, 7) is -0.372. The highest BCUT2D eigenvalue weighted by atomic mass is 35.5. The van der Waals surface area contributed by atoms with Gasteiger partial charge in [0.2, 0.25) is 5.91 Å². The van der Waals surface area contributed by atoms with E-state index in [1.165, 1.54) is 12.1 Å². The molecule has 2 aromatic carbocycles. The highest BCUT2D eigenvalue weighted by Gasteiger charge is 2.33. The number of anilines is 1. The number of phenolic OH excluding ortho intramolecular Hbond substituents is 1. The Labute approximate surface area is 180 Å². The number of carboxylic acid groups (broad SMARTS) is 1. The van der Waals surface area contributed by atoms with Gasteiger partial charge in [-0.05, 0) is 42.0 Å². The number of carboxylic acids is 1. The molecule has 1 aliphatic heterocycles. The summed E-state index contributed by atoms with van der Waals surface area (Å²) in [5.74, 6) is -2.60. The molecule has 0 spiro atoms. The fraction of sp³-hybridized carbons (Fsp3) is 0.0526.